The normalized spacial score (nSPS) is 10.5. The molecule has 0 aromatic heterocycles. The summed E-state index contributed by atoms with van der Waals surface area (Å²) in [5, 5.41) is 0. The minimum Gasteiger partial charge on any atom is -0.343 e. The van der Waals surface area contributed by atoms with E-state index in [1.165, 1.54) is 167 Å². The van der Waals surface area contributed by atoms with Gasteiger partial charge in [0, 0.05) is 0 Å². The Kier molecular flexibility index (Phi) is 46.4. The molecule has 0 aliphatic carbocycles. The van der Waals surface area contributed by atoms with Crippen molar-refractivity contribution in [3.05, 3.63) is 13.8 Å². The molecule has 0 aliphatic rings. The van der Waals surface area contributed by atoms with Crippen molar-refractivity contribution >= 4 is 23.1 Å². The van der Waals surface area contributed by atoms with E-state index in [0.717, 1.165) is 12.8 Å². The van der Waals surface area contributed by atoms with Crippen LogP contribution in [0.25, 0.3) is 0 Å². The fraction of sp³-hybridized carbons (Fsp3) is 0.938. The molecule has 0 aromatic rings. The Hall–Kier alpha value is 0.766. The quantitative estimate of drug-likeness (QED) is 0.0663. The largest absolute Gasteiger partial charge is 2.00 e. The minimum atomic E-state index is 0. The van der Waals surface area contributed by atoms with Gasteiger partial charge in [-0.05, 0) is 0 Å². The molecule has 1 heteroatoms. The first-order chi connectivity index (χ1) is 15.8. The third-order valence-corrected chi connectivity index (χ3v) is 6.71. The summed E-state index contributed by atoms with van der Waals surface area (Å²) in [7, 11) is 0. The molecule has 0 spiro atoms. The summed E-state index contributed by atoms with van der Waals surface area (Å²) in [5.74, 6) is 0. The zero-order chi connectivity index (χ0) is 23.8. The maximum atomic E-state index is 3.87. The van der Waals surface area contributed by atoms with Gasteiger partial charge in [-0.1, -0.05) is 181 Å². The fourth-order valence-electron chi connectivity index (χ4n) is 4.39. The van der Waals surface area contributed by atoms with E-state index in [0.29, 0.717) is 0 Å². The van der Waals surface area contributed by atoms with Gasteiger partial charge in [-0.25, -0.2) is 0 Å². The molecule has 0 saturated heterocycles. The summed E-state index contributed by atoms with van der Waals surface area (Å²) < 4.78 is 0. The van der Waals surface area contributed by atoms with Crippen molar-refractivity contribution in [3.63, 3.8) is 0 Å². The van der Waals surface area contributed by atoms with Crippen molar-refractivity contribution < 1.29 is 0 Å². The van der Waals surface area contributed by atoms with Gasteiger partial charge < -0.3 is 13.8 Å². The molecule has 0 rings (SSSR count). The van der Waals surface area contributed by atoms with Crippen LogP contribution in [-0.2, 0) is 0 Å². The summed E-state index contributed by atoms with van der Waals surface area (Å²) in [4.78, 5) is 0. The average Bonchev–Trinajstić information content (AvgIpc) is 2.81. The van der Waals surface area contributed by atoms with E-state index in [-0.39, 0.29) is 23.1 Å². The first kappa shape index (κ1) is 38.3. The van der Waals surface area contributed by atoms with Crippen LogP contribution in [0.5, 0.6) is 0 Å². The second-order valence-corrected chi connectivity index (χ2v) is 10.2. The first-order valence-corrected chi connectivity index (χ1v) is 15.4. The summed E-state index contributed by atoms with van der Waals surface area (Å²) in [5.41, 5.74) is 0. The Labute approximate surface area is 229 Å². The SMILES string of the molecule is [CH2-]CCCCCCCCCCCCCCC.[CH2-]CCCCCCCCCCCCCCC.[Mg+2]. The molecule has 0 bridgehead atoms. The van der Waals surface area contributed by atoms with Crippen LogP contribution in [0, 0.1) is 13.8 Å². The Bertz CT molecular complexity index is 220. The van der Waals surface area contributed by atoms with Gasteiger partial charge in [-0.2, -0.15) is 12.8 Å². The van der Waals surface area contributed by atoms with Gasteiger partial charge in [0.2, 0.25) is 0 Å². The molecule has 0 heterocycles. The van der Waals surface area contributed by atoms with Gasteiger partial charge in [0.1, 0.15) is 0 Å². The number of rotatable bonds is 26. The summed E-state index contributed by atoms with van der Waals surface area (Å²) in [6.07, 6.45) is 39.7. The molecule has 0 nitrogen and oxygen atoms in total. The van der Waals surface area contributed by atoms with Crippen LogP contribution in [0.3, 0.4) is 0 Å². The van der Waals surface area contributed by atoms with Gasteiger partial charge in [0.25, 0.3) is 0 Å². The third kappa shape index (κ3) is 43.3. The van der Waals surface area contributed by atoms with Gasteiger partial charge >= 0.3 is 23.1 Å². The Morgan fingerprint density at radius 3 is 0.576 bits per heavy atom. The minimum absolute atomic E-state index is 0. The topological polar surface area (TPSA) is 0 Å². The van der Waals surface area contributed by atoms with E-state index in [4.69, 9.17) is 0 Å². The van der Waals surface area contributed by atoms with Crippen LogP contribution in [-0.4, -0.2) is 23.1 Å². The van der Waals surface area contributed by atoms with Crippen LogP contribution < -0.4 is 0 Å². The molecule has 0 radical (unpaired) electrons. The zero-order valence-corrected chi connectivity index (χ0v) is 25.3. The molecule has 0 N–H and O–H groups in total. The first-order valence-electron chi connectivity index (χ1n) is 15.4. The van der Waals surface area contributed by atoms with Crippen molar-refractivity contribution in [1.29, 1.82) is 0 Å². The molecule has 0 aliphatic heterocycles. The maximum absolute atomic E-state index is 3.87. The second-order valence-electron chi connectivity index (χ2n) is 10.2. The average molecular weight is 475 g/mol. The standard InChI is InChI=1S/2C16H33.Mg/c2*1-3-5-7-9-11-13-15-16-14-12-10-8-6-4-2;/h2*1,3-16H2,2H3;/q2*-1;+2. The smallest absolute Gasteiger partial charge is 0.343 e. The van der Waals surface area contributed by atoms with Crippen LogP contribution in [0.4, 0.5) is 0 Å². The Balaban J connectivity index is -0.000000529. The molecular weight excluding hydrogens is 409 g/mol. The van der Waals surface area contributed by atoms with E-state index in [2.05, 4.69) is 27.7 Å². The van der Waals surface area contributed by atoms with Gasteiger partial charge in [-0.15, -0.1) is 0 Å². The fourth-order valence-corrected chi connectivity index (χ4v) is 4.39. The number of hydrogen-bond donors (Lipinski definition) is 0. The summed E-state index contributed by atoms with van der Waals surface area (Å²) >= 11 is 0. The van der Waals surface area contributed by atoms with Gasteiger partial charge in [0.15, 0.2) is 0 Å². The van der Waals surface area contributed by atoms with Crippen LogP contribution >= 0.6 is 0 Å². The van der Waals surface area contributed by atoms with Crippen LogP contribution in [0.2, 0.25) is 0 Å². The Morgan fingerprint density at radius 1 is 0.273 bits per heavy atom. The molecule has 0 saturated carbocycles. The third-order valence-electron chi connectivity index (χ3n) is 6.71. The number of unbranched alkanes of at least 4 members (excludes halogenated alkanes) is 26. The maximum Gasteiger partial charge on any atom is 2.00 e. The predicted molar refractivity (Wildman–Crippen MR) is 157 cm³/mol. The van der Waals surface area contributed by atoms with E-state index < -0.39 is 0 Å². The van der Waals surface area contributed by atoms with Gasteiger partial charge in [-0.3, -0.25) is 0 Å². The van der Waals surface area contributed by atoms with E-state index in [1.807, 2.05) is 0 Å². The van der Waals surface area contributed by atoms with Crippen LogP contribution in [0.1, 0.15) is 194 Å². The molecular formula is C32H66Mg. The Morgan fingerprint density at radius 2 is 0.424 bits per heavy atom. The van der Waals surface area contributed by atoms with Crippen molar-refractivity contribution in [2.45, 2.75) is 194 Å². The van der Waals surface area contributed by atoms with E-state index in [1.54, 1.807) is 0 Å². The summed E-state index contributed by atoms with van der Waals surface area (Å²) in [6.45, 7) is 12.3. The molecule has 0 aromatic carbocycles. The van der Waals surface area contributed by atoms with Gasteiger partial charge in [0.05, 0.1) is 0 Å². The van der Waals surface area contributed by atoms with Crippen molar-refractivity contribution in [2.24, 2.45) is 0 Å². The molecule has 0 atom stereocenters. The summed E-state index contributed by atoms with van der Waals surface area (Å²) in [6, 6.07) is 0. The molecule has 0 unspecified atom stereocenters. The zero-order valence-electron chi connectivity index (χ0n) is 23.9. The second kappa shape index (κ2) is 40.0. The molecule has 196 valence electrons. The monoisotopic (exact) mass is 475 g/mol. The van der Waals surface area contributed by atoms with E-state index in [9.17, 15) is 0 Å². The van der Waals surface area contributed by atoms with E-state index >= 15 is 0 Å². The molecule has 33 heavy (non-hydrogen) atoms. The predicted octanol–water partition coefficient (Wildman–Crippen LogP) is 12.2. The molecule has 0 amide bonds. The van der Waals surface area contributed by atoms with Crippen LogP contribution in [0.15, 0.2) is 0 Å². The number of hydrogen-bond acceptors (Lipinski definition) is 0. The molecule has 0 fully saturated rings. The van der Waals surface area contributed by atoms with Crippen molar-refractivity contribution in [1.82, 2.24) is 0 Å². The van der Waals surface area contributed by atoms with Crippen molar-refractivity contribution in [2.75, 3.05) is 0 Å². The van der Waals surface area contributed by atoms with Crippen molar-refractivity contribution in [3.8, 4) is 0 Å².